The number of sulfone groups is 1. The molecular formula is C17H28N4O3S. The van der Waals surface area contributed by atoms with Crippen molar-refractivity contribution in [1.29, 1.82) is 0 Å². The SMILES string of the molecule is CCNC(=NCc1ccc(C(=O)N(C)C)cc1)NCCCS(C)(=O)=O. The summed E-state index contributed by atoms with van der Waals surface area (Å²) in [4.78, 5) is 17.9. The summed E-state index contributed by atoms with van der Waals surface area (Å²) in [6.45, 7) is 3.69. The van der Waals surface area contributed by atoms with Crippen molar-refractivity contribution in [3.63, 3.8) is 0 Å². The molecule has 1 rings (SSSR count). The summed E-state index contributed by atoms with van der Waals surface area (Å²) in [6, 6.07) is 7.35. The number of rotatable bonds is 8. The van der Waals surface area contributed by atoms with Crippen molar-refractivity contribution in [3.8, 4) is 0 Å². The number of benzene rings is 1. The molecule has 0 saturated carbocycles. The van der Waals surface area contributed by atoms with E-state index in [9.17, 15) is 13.2 Å². The number of aliphatic imine (C=N–C) groups is 1. The second-order valence-corrected chi connectivity index (χ2v) is 8.26. The first kappa shape index (κ1) is 21.0. The average Bonchev–Trinajstić information content (AvgIpc) is 2.55. The maximum atomic E-state index is 11.9. The predicted octanol–water partition coefficient (Wildman–Crippen LogP) is 0.878. The van der Waals surface area contributed by atoms with Crippen molar-refractivity contribution in [3.05, 3.63) is 35.4 Å². The van der Waals surface area contributed by atoms with E-state index in [4.69, 9.17) is 0 Å². The largest absolute Gasteiger partial charge is 0.357 e. The Morgan fingerprint density at radius 2 is 1.80 bits per heavy atom. The Hall–Kier alpha value is -2.09. The Morgan fingerprint density at radius 1 is 1.16 bits per heavy atom. The van der Waals surface area contributed by atoms with Gasteiger partial charge in [0.05, 0.1) is 12.3 Å². The lowest BCUT2D eigenvalue weighted by Crippen LogP contribution is -2.38. The van der Waals surface area contributed by atoms with E-state index in [0.717, 1.165) is 5.56 Å². The highest BCUT2D eigenvalue weighted by molar-refractivity contribution is 7.90. The zero-order valence-electron chi connectivity index (χ0n) is 15.4. The summed E-state index contributed by atoms with van der Waals surface area (Å²) >= 11 is 0. The van der Waals surface area contributed by atoms with Crippen LogP contribution in [0.15, 0.2) is 29.3 Å². The molecule has 0 saturated heterocycles. The molecule has 140 valence electrons. The topological polar surface area (TPSA) is 90.9 Å². The average molecular weight is 369 g/mol. The highest BCUT2D eigenvalue weighted by Gasteiger charge is 2.07. The summed E-state index contributed by atoms with van der Waals surface area (Å²) in [6.07, 6.45) is 1.77. The van der Waals surface area contributed by atoms with Crippen LogP contribution >= 0.6 is 0 Å². The number of nitrogens with one attached hydrogen (secondary N) is 2. The fourth-order valence-electron chi connectivity index (χ4n) is 2.06. The molecule has 8 heteroatoms. The molecule has 0 bridgehead atoms. The Kier molecular flexibility index (Phi) is 8.40. The molecule has 0 unspecified atom stereocenters. The van der Waals surface area contributed by atoms with E-state index in [1.807, 2.05) is 19.1 Å². The van der Waals surface area contributed by atoms with Gasteiger partial charge in [0.2, 0.25) is 0 Å². The van der Waals surface area contributed by atoms with Crippen LogP contribution in [-0.2, 0) is 16.4 Å². The van der Waals surface area contributed by atoms with Crippen LogP contribution in [0.3, 0.4) is 0 Å². The van der Waals surface area contributed by atoms with E-state index in [0.29, 0.717) is 37.6 Å². The molecule has 0 aliphatic heterocycles. The number of guanidine groups is 1. The van der Waals surface area contributed by atoms with Crippen molar-refractivity contribution >= 4 is 21.7 Å². The fourth-order valence-corrected chi connectivity index (χ4v) is 2.73. The zero-order valence-corrected chi connectivity index (χ0v) is 16.2. The van der Waals surface area contributed by atoms with Gasteiger partial charge in [0.15, 0.2) is 5.96 Å². The molecule has 0 fully saturated rings. The Bertz CT molecular complexity index is 682. The van der Waals surface area contributed by atoms with Crippen LogP contribution in [0, 0.1) is 0 Å². The minimum absolute atomic E-state index is 0.0315. The highest BCUT2D eigenvalue weighted by Crippen LogP contribution is 2.07. The van der Waals surface area contributed by atoms with Crippen LogP contribution in [0.5, 0.6) is 0 Å². The molecule has 0 radical (unpaired) electrons. The zero-order chi connectivity index (χ0) is 18.9. The lowest BCUT2D eigenvalue weighted by Gasteiger charge is -2.12. The summed E-state index contributed by atoms with van der Waals surface area (Å²) in [5.41, 5.74) is 1.63. The Labute approximate surface area is 150 Å². The van der Waals surface area contributed by atoms with Crippen LogP contribution in [0.2, 0.25) is 0 Å². The van der Waals surface area contributed by atoms with Gasteiger partial charge in [-0.05, 0) is 31.0 Å². The van der Waals surface area contributed by atoms with Gasteiger partial charge in [-0.25, -0.2) is 13.4 Å². The molecule has 0 aliphatic rings. The van der Waals surface area contributed by atoms with Gasteiger partial charge in [-0.2, -0.15) is 0 Å². The van der Waals surface area contributed by atoms with Gasteiger partial charge in [-0.15, -0.1) is 0 Å². The minimum atomic E-state index is -2.94. The van der Waals surface area contributed by atoms with Crippen LogP contribution in [0.25, 0.3) is 0 Å². The molecule has 0 aliphatic carbocycles. The molecule has 25 heavy (non-hydrogen) atoms. The van der Waals surface area contributed by atoms with E-state index in [1.54, 1.807) is 26.2 Å². The normalized spacial score (nSPS) is 11.9. The first-order valence-corrected chi connectivity index (χ1v) is 10.3. The van der Waals surface area contributed by atoms with Crippen LogP contribution in [0.4, 0.5) is 0 Å². The van der Waals surface area contributed by atoms with Gasteiger partial charge in [-0.3, -0.25) is 4.79 Å². The number of hydrogen-bond acceptors (Lipinski definition) is 4. The quantitative estimate of drug-likeness (QED) is 0.404. The monoisotopic (exact) mass is 368 g/mol. The minimum Gasteiger partial charge on any atom is -0.357 e. The van der Waals surface area contributed by atoms with E-state index >= 15 is 0 Å². The van der Waals surface area contributed by atoms with E-state index in [2.05, 4.69) is 15.6 Å². The lowest BCUT2D eigenvalue weighted by atomic mass is 10.1. The van der Waals surface area contributed by atoms with E-state index in [1.165, 1.54) is 11.2 Å². The summed E-state index contributed by atoms with van der Waals surface area (Å²) < 4.78 is 22.3. The molecule has 0 atom stereocenters. The predicted molar refractivity (Wildman–Crippen MR) is 102 cm³/mol. The van der Waals surface area contributed by atoms with E-state index < -0.39 is 9.84 Å². The first-order valence-electron chi connectivity index (χ1n) is 8.23. The molecule has 7 nitrogen and oxygen atoms in total. The highest BCUT2D eigenvalue weighted by atomic mass is 32.2. The molecular weight excluding hydrogens is 340 g/mol. The molecule has 0 aromatic heterocycles. The van der Waals surface area contributed by atoms with Gasteiger partial charge in [0, 0.05) is 39.0 Å². The molecule has 0 heterocycles. The van der Waals surface area contributed by atoms with Crippen LogP contribution < -0.4 is 10.6 Å². The third kappa shape index (κ3) is 8.53. The van der Waals surface area contributed by atoms with Gasteiger partial charge < -0.3 is 15.5 Å². The van der Waals surface area contributed by atoms with Crippen LogP contribution in [0.1, 0.15) is 29.3 Å². The number of hydrogen-bond donors (Lipinski definition) is 2. The number of nitrogens with zero attached hydrogens (tertiary/aromatic N) is 2. The van der Waals surface area contributed by atoms with Gasteiger partial charge >= 0.3 is 0 Å². The first-order chi connectivity index (χ1) is 11.7. The Balaban J connectivity index is 2.60. The fraction of sp³-hybridized carbons (Fsp3) is 0.529. The third-order valence-electron chi connectivity index (χ3n) is 3.36. The molecule has 1 aromatic rings. The van der Waals surface area contributed by atoms with E-state index in [-0.39, 0.29) is 11.7 Å². The van der Waals surface area contributed by atoms with Gasteiger partial charge in [-0.1, -0.05) is 12.1 Å². The molecule has 2 N–H and O–H groups in total. The molecule has 0 spiro atoms. The summed E-state index contributed by atoms with van der Waals surface area (Å²) in [5, 5.41) is 6.25. The van der Waals surface area contributed by atoms with Crippen molar-refractivity contribution in [2.75, 3.05) is 39.2 Å². The van der Waals surface area contributed by atoms with Crippen molar-refractivity contribution in [1.82, 2.24) is 15.5 Å². The van der Waals surface area contributed by atoms with Gasteiger partial charge in [0.1, 0.15) is 9.84 Å². The number of amides is 1. The van der Waals surface area contributed by atoms with Crippen molar-refractivity contribution < 1.29 is 13.2 Å². The summed E-state index contributed by atoms with van der Waals surface area (Å²) in [7, 11) is 0.504. The Morgan fingerprint density at radius 3 is 2.32 bits per heavy atom. The summed E-state index contributed by atoms with van der Waals surface area (Å²) in [5.74, 6) is 0.765. The second kappa shape index (κ2) is 10.0. The molecule has 1 aromatic carbocycles. The smallest absolute Gasteiger partial charge is 0.253 e. The standard InChI is InChI=1S/C17H28N4O3S/c1-5-18-17(19-11-6-12-25(4,23)24)20-13-14-7-9-15(10-8-14)16(22)21(2)3/h7-10H,5-6,11-13H2,1-4H3,(H2,18,19,20). The van der Waals surface area contributed by atoms with Crippen LogP contribution in [-0.4, -0.2) is 64.4 Å². The number of carbonyl (C=O) groups is 1. The lowest BCUT2D eigenvalue weighted by molar-refractivity contribution is 0.0827. The third-order valence-corrected chi connectivity index (χ3v) is 4.39. The van der Waals surface area contributed by atoms with Crippen molar-refractivity contribution in [2.24, 2.45) is 4.99 Å². The number of carbonyl (C=O) groups excluding carboxylic acids is 1. The second-order valence-electron chi connectivity index (χ2n) is 6.00. The molecule has 1 amide bonds. The maximum Gasteiger partial charge on any atom is 0.253 e. The van der Waals surface area contributed by atoms with Gasteiger partial charge in [0.25, 0.3) is 5.91 Å². The van der Waals surface area contributed by atoms with Crippen molar-refractivity contribution in [2.45, 2.75) is 19.9 Å². The maximum absolute atomic E-state index is 11.9.